The molecule has 0 saturated carbocycles. The monoisotopic (exact) mass is 396 g/mol. The number of allylic oxidation sites excluding steroid dienone is 2. The van der Waals surface area contributed by atoms with Gasteiger partial charge >= 0.3 is 5.97 Å². The topological polar surface area (TPSA) is 46.5 Å². The largest absolute Gasteiger partial charge is 0.481 e. The number of fused-ring (bicyclic) bond motifs is 2. The summed E-state index contributed by atoms with van der Waals surface area (Å²) in [5, 5.41) is 10.5. The molecule has 2 aliphatic heterocycles. The molecular formula is C23H40O3S. The van der Waals surface area contributed by atoms with Crippen LogP contribution in [0.3, 0.4) is 0 Å². The molecule has 0 aromatic heterocycles. The van der Waals surface area contributed by atoms with Gasteiger partial charge in [-0.2, -0.15) is 11.8 Å². The molecule has 2 rings (SSSR count). The van der Waals surface area contributed by atoms with E-state index in [1.807, 2.05) is 0 Å². The van der Waals surface area contributed by atoms with Crippen molar-refractivity contribution in [2.45, 2.75) is 101 Å². The number of hydrogen-bond acceptors (Lipinski definition) is 3. The van der Waals surface area contributed by atoms with Crippen LogP contribution in [0.4, 0.5) is 0 Å². The van der Waals surface area contributed by atoms with Crippen LogP contribution in [-0.2, 0) is 9.53 Å². The summed E-state index contributed by atoms with van der Waals surface area (Å²) in [7, 11) is 0. The average molecular weight is 397 g/mol. The van der Waals surface area contributed by atoms with Crippen LogP contribution >= 0.6 is 11.8 Å². The first kappa shape index (κ1) is 22.8. The summed E-state index contributed by atoms with van der Waals surface area (Å²) < 4.78 is 5.79. The predicted octanol–water partition coefficient (Wildman–Crippen LogP) is 6.47. The Labute approximate surface area is 170 Å². The van der Waals surface area contributed by atoms with Gasteiger partial charge in [-0.3, -0.25) is 4.79 Å². The van der Waals surface area contributed by atoms with E-state index in [9.17, 15) is 4.79 Å². The molecule has 3 nitrogen and oxygen atoms in total. The van der Waals surface area contributed by atoms with E-state index in [4.69, 9.17) is 9.84 Å². The third kappa shape index (κ3) is 8.60. The van der Waals surface area contributed by atoms with E-state index < -0.39 is 5.97 Å². The van der Waals surface area contributed by atoms with E-state index in [0.717, 1.165) is 48.4 Å². The highest BCUT2D eigenvalue weighted by Gasteiger charge is 2.46. The van der Waals surface area contributed by atoms with E-state index in [1.165, 1.54) is 64.2 Å². The Balaban J connectivity index is 1.57. The lowest BCUT2D eigenvalue weighted by Crippen LogP contribution is -2.26. The fourth-order valence-corrected chi connectivity index (χ4v) is 6.70. The number of rotatable bonds is 16. The van der Waals surface area contributed by atoms with Crippen molar-refractivity contribution >= 4 is 17.7 Å². The summed E-state index contributed by atoms with van der Waals surface area (Å²) >= 11 is 2.26. The second kappa shape index (κ2) is 13.7. The number of hydrogen-bond donors (Lipinski definition) is 1. The van der Waals surface area contributed by atoms with E-state index in [2.05, 4.69) is 30.8 Å². The molecule has 0 unspecified atom stereocenters. The zero-order valence-corrected chi connectivity index (χ0v) is 18.1. The van der Waals surface area contributed by atoms with Gasteiger partial charge in [0, 0.05) is 30.1 Å². The van der Waals surface area contributed by atoms with E-state index >= 15 is 0 Å². The van der Waals surface area contributed by atoms with Crippen LogP contribution in [-0.4, -0.2) is 34.8 Å². The second-order valence-corrected chi connectivity index (χ2v) is 9.76. The summed E-state index contributed by atoms with van der Waals surface area (Å²) in [6, 6.07) is 0. The zero-order valence-electron chi connectivity index (χ0n) is 17.2. The van der Waals surface area contributed by atoms with Gasteiger partial charge in [0.15, 0.2) is 0 Å². The maximum Gasteiger partial charge on any atom is 0.303 e. The highest BCUT2D eigenvalue weighted by molar-refractivity contribution is 8.01. The molecule has 2 aliphatic rings. The highest BCUT2D eigenvalue weighted by atomic mass is 32.2. The molecule has 0 aliphatic carbocycles. The minimum absolute atomic E-state index is 0.289. The van der Waals surface area contributed by atoms with Crippen molar-refractivity contribution in [3.05, 3.63) is 12.2 Å². The van der Waals surface area contributed by atoms with Crippen LogP contribution in [0, 0.1) is 11.8 Å². The number of carboxylic acids is 1. The Hall–Kier alpha value is -0.480. The number of carbonyl (C=O) groups is 1. The van der Waals surface area contributed by atoms with Gasteiger partial charge in [0.25, 0.3) is 0 Å². The second-order valence-electron chi connectivity index (χ2n) is 8.28. The molecule has 27 heavy (non-hydrogen) atoms. The van der Waals surface area contributed by atoms with Crippen molar-refractivity contribution in [2.75, 3.05) is 13.2 Å². The number of ether oxygens (including phenoxy) is 1. The van der Waals surface area contributed by atoms with Crippen molar-refractivity contribution in [1.29, 1.82) is 0 Å². The standard InChI is InChI=1S/C23H40O3S/c1-2-3-4-10-17-26-18-11-9-13-20-19(21-15-16-22(20)27-21)12-7-5-6-8-14-23(24)25/h5,7,19-22H,2-4,6,8-18H2,1H3,(H,24,25)/b7-5-/t19-,20+,21-,22+/m1/s1. The Morgan fingerprint density at radius 2 is 1.74 bits per heavy atom. The Morgan fingerprint density at radius 3 is 2.48 bits per heavy atom. The van der Waals surface area contributed by atoms with Gasteiger partial charge in [0.1, 0.15) is 0 Å². The molecule has 2 saturated heterocycles. The van der Waals surface area contributed by atoms with Crippen molar-refractivity contribution in [1.82, 2.24) is 0 Å². The predicted molar refractivity (Wildman–Crippen MR) is 115 cm³/mol. The summed E-state index contributed by atoms with van der Waals surface area (Å²) in [6.45, 7) is 4.13. The van der Waals surface area contributed by atoms with Gasteiger partial charge in [-0.15, -0.1) is 0 Å². The average Bonchev–Trinajstić information content (AvgIpc) is 3.25. The summed E-state index contributed by atoms with van der Waals surface area (Å²) in [5.74, 6) is 1.05. The normalized spacial score (nSPS) is 27.0. The van der Waals surface area contributed by atoms with Crippen molar-refractivity contribution in [3.8, 4) is 0 Å². The summed E-state index contributed by atoms with van der Waals surface area (Å²) in [5.41, 5.74) is 0. The van der Waals surface area contributed by atoms with Crippen LogP contribution in [0.2, 0.25) is 0 Å². The zero-order chi connectivity index (χ0) is 19.3. The molecule has 4 heteroatoms. The number of carboxylic acid groups (broad SMARTS) is 1. The molecule has 156 valence electrons. The van der Waals surface area contributed by atoms with Gasteiger partial charge in [-0.05, 0) is 63.2 Å². The maximum atomic E-state index is 10.6. The Bertz CT molecular complexity index is 437. The van der Waals surface area contributed by atoms with Crippen molar-refractivity contribution in [2.24, 2.45) is 11.8 Å². The molecule has 0 aromatic rings. The van der Waals surface area contributed by atoms with Crippen LogP contribution in [0.5, 0.6) is 0 Å². The summed E-state index contributed by atoms with van der Waals surface area (Å²) in [4.78, 5) is 10.6. The van der Waals surface area contributed by atoms with Gasteiger partial charge in [0.2, 0.25) is 0 Å². The lowest BCUT2D eigenvalue weighted by Gasteiger charge is -2.29. The van der Waals surface area contributed by atoms with Crippen molar-refractivity contribution in [3.63, 3.8) is 0 Å². The summed E-state index contributed by atoms with van der Waals surface area (Å²) in [6.07, 6.45) is 19.6. The van der Waals surface area contributed by atoms with Gasteiger partial charge in [-0.25, -0.2) is 0 Å². The Morgan fingerprint density at radius 1 is 1.00 bits per heavy atom. The molecular weight excluding hydrogens is 356 g/mol. The van der Waals surface area contributed by atoms with Crippen LogP contribution in [0.1, 0.15) is 90.4 Å². The van der Waals surface area contributed by atoms with Crippen LogP contribution < -0.4 is 0 Å². The first-order valence-electron chi connectivity index (χ1n) is 11.3. The van der Waals surface area contributed by atoms with Crippen LogP contribution in [0.15, 0.2) is 12.2 Å². The highest BCUT2D eigenvalue weighted by Crippen LogP contribution is 2.55. The molecule has 4 atom stereocenters. The molecule has 1 N–H and O–H groups in total. The minimum Gasteiger partial charge on any atom is -0.481 e. The van der Waals surface area contributed by atoms with Crippen LogP contribution in [0.25, 0.3) is 0 Å². The maximum absolute atomic E-state index is 10.6. The molecule has 2 heterocycles. The van der Waals surface area contributed by atoms with Gasteiger partial charge in [-0.1, -0.05) is 44.8 Å². The SMILES string of the molecule is CCCCCCOCCCC[C@H]1[C@@H](C/C=C\CCCC(=O)O)[C@H]2CC[C@@H]1S2. The third-order valence-corrected chi connectivity index (χ3v) is 8.01. The molecule has 0 amide bonds. The number of unbranched alkanes of at least 4 members (excludes halogenated alkanes) is 5. The van der Waals surface area contributed by atoms with Gasteiger partial charge in [0.05, 0.1) is 0 Å². The number of aliphatic carboxylic acids is 1. The fraction of sp³-hybridized carbons (Fsp3) is 0.870. The number of thioether (sulfide) groups is 1. The third-order valence-electron chi connectivity index (χ3n) is 6.15. The smallest absolute Gasteiger partial charge is 0.303 e. The molecule has 2 bridgehead atoms. The van der Waals surface area contributed by atoms with Gasteiger partial charge < -0.3 is 9.84 Å². The van der Waals surface area contributed by atoms with E-state index in [1.54, 1.807) is 0 Å². The first-order chi connectivity index (χ1) is 13.2. The molecule has 2 fully saturated rings. The quantitative estimate of drug-likeness (QED) is 0.240. The molecule has 0 radical (unpaired) electrons. The Kier molecular flexibility index (Phi) is 11.5. The first-order valence-corrected chi connectivity index (χ1v) is 12.3. The van der Waals surface area contributed by atoms with E-state index in [-0.39, 0.29) is 6.42 Å². The lowest BCUT2D eigenvalue weighted by atomic mass is 9.75. The van der Waals surface area contributed by atoms with E-state index in [0.29, 0.717) is 0 Å². The molecule has 0 spiro atoms. The van der Waals surface area contributed by atoms with Crippen molar-refractivity contribution < 1.29 is 14.6 Å². The fourth-order valence-electron chi connectivity index (χ4n) is 4.66. The molecule has 0 aromatic carbocycles. The minimum atomic E-state index is -0.682. The lowest BCUT2D eigenvalue weighted by molar-refractivity contribution is -0.137.